The molecule has 0 fully saturated rings. The van der Waals surface area contributed by atoms with Crippen molar-refractivity contribution in [2.45, 2.75) is 367 Å². The highest BCUT2D eigenvalue weighted by Gasteiger charge is 2.30. The molecule has 0 aromatic rings. The molecule has 0 aliphatic heterocycles. The van der Waals surface area contributed by atoms with Gasteiger partial charge in [-0.25, -0.2) is 9.13 Å². The van der Waals surface area contributed by atoms with E-state index in [9.17, 15) is 43.2 Å². The number of allylic oxidation sites excluding steroid dienone is 16. The fourth-order valence-electron chi connectivity index (χ4n) is 10.9. The van der Waals surface area contributed by atoms with E-state index in [2.05, 4.69) is 107 Å². The summed E-state index contributed by atoms with van der Waals surface area (Å²) in [5.74, 6) is -2.26. The summed E-state index contributed by atoms with van der Waals surface area (Å²) in [5, 5.41) is 10.6. The quantitative estimate of drug-likeness (QED) is 0.0169. The SMILES string of the molecule is CC/C=C\C/C=C\C/C=C\C/C=C\C/C=C\C/C=C\CCC(=O)OC[C@H](COP(=O)(O)OC[C@@H](O)COP(=O)(O)OC[C@@H](COC(=O)CCCCCCC/C=C\CCCCCCCC)OC(=O)CCCCCCCCC/C=C\CCCCCC)OC(=O)CCCCCCCCCCCCCCC. The van der Waals surface area contributed by atoms with Crippen LogP contribution < -0.4 is 0 Å². The van der Waals surface area contributed by atoms with Crippen molar-refractivity contribution in [1.82, 2.24) is 0 Å². The van der Waals surface area contributed by atoms with Gasteiger partial charge in [-0.3, -0.25) is 37.3 Å². The number of hydrogen-bond acceptors (Lipinski definition) is 15. The summed E-state index contributed by atoms with van der Waals surface area (Å²) in [6, 6.07) is 0. The zero-order valence-electron chi connectivity index (χ0n) is 64.5. The molecule has 0 aromatic carbocycles. The second kappa shape index (κ2) is 75.2. The van der Waals surface area contributed by atoms with E-state index in [1.807, 2.05) is 18.2 Å². The van der Waals surface area contributed by atoms with Crippen LogP contribution in [0.1, 0.15) is 349 Å². The molecule has 590 valence electrons. The van der Waals surface area contributed by atoms with Crippen molar-refractivity contribution >= 4 is 39.5 Å². The zero-order chi connectivity index (χ0) is 74.6. The summed E-state index contributed by atoms with van der Waals surface area (Å²) in [6.07, 6.45) is 79.7. The van der Waals surface area contributed by atoms with Gasteiger partial charge in [-0.1, -0.05) is 305 Å². The Morgan fingerprint density at radius 2 is 0.529 bits per heavy atom. The molecule has 0 spiro atoms. The number of aliphatic hydroxyl groups excluding tert-OH is 1. The Labute approximate surface area is 620 Å². The lowest BCUT2D eigenvalue weighted by molar-refractivity contribution is -0.161. The van der Waals surface area contributed by atoms with Gasteiger partial charge in [0.1, 0.15) is 19.3 Å². The molecule has 0 aliphatic rings. The van der Waals surface area contributed by atoms with Crippen LogP contribution in [0.15, 0.2) is 97.2 Å². The zero-order valence-corrected chi connectivity index (χ0v) is 66.3. The molecular weight excluding hydrogens is 1330 g/mol. The smallest absolute Gasteiger partial charge is 0.462 e. The van der Waals surface area contributed by atoms with Crippen LogP contribution in [0.25, 0.3) is 0 Å². The van der Waals surface area contributed by atoms with Gasteiger partial charge in [0.25, 0.3) is 0 Å². The minimum Gasteiger partial charge on any atom is -0.462 e. The summed E-state index contributed by atoms with van der Waals surface area (Å²) in [5.41, 5.74) is 0. The Hall–Kier alpha value is -4.02. The van der Waals surface area contributed by atoms with Gasteiger partial charge in [-0.05, 0) is 116 Å². The molecule has 0 saturated carbocycles. The Kier molecular flexibility index (Phi) is 72.3. The van der Waals surface area contributed by atoms with Crippen LogP contribution in [-0.2, 0) is 65.4 Å². The van der Waals surface area contributed by atoms with Gasteiger partial charge in [0.05, 0.1) is 26.4 Å². The number of phosphoric ester groups is 2. The maximum atomic E-state index is 13.1. The second-order valence-corrected chi connectivity index (χ2v) is 29.9. The highest BCUT2D eigenvalue weighted by Crippen LogP contribution is 2.45. The predicted molar refractivity (Wildman–Crippen MR) is 418 cm³/mol. The Bertz CT molecular complexity index is 2310. The van der Waals surface area contributed by atoms with Gasteiger partial charge in [0, 0.05) is 25.7 Å². The Balaban J connectivity index is 5.39. The first kappa shape index (κ1) is 98.0. The number of rotatable bonds is 76. The van der Waals surface area contributed by atoms with Gasteiger partial charge < -0.3 is 33.8 Å². The van der Waals surface area contributed by atoms with E-state index in [0.717, 1.165) is 148 Å². The molecular formula is C83H146O17P2. The molecule has 19 heteroatoms. The minimum absolute atomic E-state index is 0.0380. The second-order valence-electron chi connectivity index (χ2n) is 27.0. The van der Waals surface area contributed by atoms with Crippen molar-refractivity contribution in [3.63, 3.8) is 0 Å². The molecule has 5 atom stereocenters. The number of esters is 4. The summed E-state index contributed by atoms with van der Waals surface area (Å²) in [7, 11) is -9.97. The average molecular weight is 1480 g/mol. The molecule has 0 saturated heterocycles. The monoisotopic (exact) mass is 1480 g/mol. The topological polar surface area (TPSA) is 237 Å². The number of aliphatic hydroxyl groups is 1. The Morgan fingerprint density at radius 1 is 0.284 bits per heavy atom. The lowest BCUT2D eigenvalue weighted by Crippen LogP contribution is -2.30. The first-order valence-electron chi connectivity index (χ1n) is 40.5. The summed E-state index contributed by atoms with van der Waals surface area (Å²) in [4.78, 5) is 73.0. The molecule has 0 aliphatic carbocycles. The molecule has 2 unspecified atom stereocenters. The molecule has 0 radical (unpaired) electrons. The number of ether oxygens (including phenoxy) is 4. The van der Waals surface area contributed by atoms with E-state index in [4.69, 9.17) is 37.0 Å². The molecule has 0 bridgehead atoms. The first-order valence-corrected chi connectivity index (χ1v) is 43.5. The normalized spacial score (nSPS) is 14.4. The van der Waals surface area contributed by atoms with E-state index >= 15 is 0 Å². The van der Waals surface area contributed by atoms with E-state index in [1.54, 1.807) is 0 Å². The van der Waals surface area contributed by atoms with Crippen LogP contribution >= 0.6 is 15.6 Å². The highest BCUT2D eigenvalue weighted by molar-refractivity contribution is 7.47. The average Bonchev–Trinajstić information content (AvgIpc) is 0.908. The number of hydrogen-bond donors (Lipinski definition) is 3. The maximum Gasteiger partial charge on any atom is 0.472 e. The van der Waals surface area contributed by atoms with Crippen LogP contribution in [0.5, 0.6) is 0 Å². The largest absolute Gasteiger partial charge is 0.472 e. The van der Waals surface area contributed by atoms with Crippen molar-refractivity contribution in [2.24, 2.45) is 0 Å². The number of phosphoric acid groups is 2. The van der Waals surface area contributed by atoms with Crippen LogP contribution in [0.3, 0.4) is 0 Å². The van der Waals surface area contributed by atoms with Crippen molar-refractivity contribution in [3.8, 4) is 0 Å². The van der Waals surface area contributed by atoms with Crippen LogP contribution in [-0.4, -0.2) is 96.7 Å². The van der Waals surface area contributed by atoms with Crippen molar-refractivity contribution in [3.05, 3.63) is 97.2 Å². The number of unbranched alkanes of at least 4 members (excludes halogenated alkanes) is 34. The highest BCUT2D eigenvalue weighted by atomic mass is 31.2. The standard InChI is InChI=1S/C83H146O17P2/c1-5-9-13-17-21-25-29-33-36-37-38-39-42-45-48-52-56-60-64-68-81(86)94-73-78(99-82(87)69-65-61-57-53-49-43-32-28-24-20-16-12-8-4)75-97-101(89,90)95-71-77(84)72-96-102(91,92)98-76-79(100-83(88)70-66-62-58-54-50-46-41-35-31-27-23-19-15-11-7-3)74-93-80(85)67-63-59-55-51-47-44-40-34-30-26-22-18-14-10-6-2/h9,13,21,25,27,31,33-34,36,38-40,45,48,56,60,77-79,84H,5-8,10-12,14-20,22-24,26,28-30,32,35,37,41-44,46-47,49-55,57-59,61-76H2,1-4H3,(H,89,90)(H,91,92)/b13-9-,25-21-,31-27-,36-33-,39-38-,40-34-,48-45-,60-56-/t77-,78-,79-/m1/s1. The minimum atomic E-state index is -4.99. The van der Waals surface area contributed by atoms with Gasteiger partial charge in [0.15, 0.2) is 12.2 Å². The third-order valence-corrected chi connectivity index (χ3v) is 18.9. The van der Waals surface area contributed by atoms with Gasteiger partial charge in [-0.15, -0.1) is 0 Å². The lowest BCUT2D eigenvalue weighted by Gasteiger charge is -2.21. The lowest BCUT2D eigenvalue weighted by atomic mass is 10.0. The van der Waals surface area contributed by atoms with Crippen molar-refractivity contribution in [2.75, 3.05) is 39.6 Å². The first-order chi connectivity index (χ1) is 49.7. The van der Waals surface area contributed by atoms with E-state index < -0.39 is 97.5 Å². The van der Waals surface area contributed by atoms with E-state index in [-0.39, 0.29) is 25.7 Å². The fourth-order valence-corrected chi connectivity index (χ4v) is 12.5. The third kappa shape index (κ3) is 74.3. The summed E-state index contributed by atoms with van der Waals surface area (Å²) < 4.78 is 68.5. The maximum absolute atomic E-state index is 13.1. The van der Waals surface area contributed by atoms with Crippen molar-refractivity contribution in [1.29, 1.82) is 0 Å². The van der Waals surface area contributed by atoms with Gasteiger partial charge >= 0.3 is 39.5 Å². The van der Waals surface area contributed by atoms with Crippen LogP contribution in [0, 0.1) is 0 Å². The molecule has 102 heavy (non-hydrogen) atoms. The number of carbonyl (C=O) groups is 4. The molecule has 0 amide bonds. The Morgan fingerprint density at radius 3 is 0.853 bits per heavy atom. The summed E-state index contributed by atoms with van der Waals surface area (Å²) >= 11 is 0. The number of carbonyl (C=O) groups excluding carboxylic acids is 4. The fraction of sp³-hybridized carbons (Fsp3) is 0.759. The molecule has 17 nitrogen and oxygen atoms in total. The van der Waals surface area contributed by atoms with E-state index in [1.165, 1.54) is 116 Å². The predicted octanol–water partition coefficient (Wildman–Crippen LogP) is 23.6. The van der Waals surface area contributed by atoms with Crippen LogP contribution in [0.2, 0.25) is 0 Å². The molecule has 3 N–H and O–H groups in total. The molecule has 0 aromatic heterocycles. The molecule has 0 rings (SSSR count). The van der Waals surface area contributed by atoms with Gasteiger partial charge in [0.2, 0.25) is 0 Å². The summed E-state index contributed by atoms with van der Waals surface area (Å²) in [6.45, 7) is 4.69. The third-order valence-electron chi connectivity index (χ3n) is 17.0. The van der Waals surface area contributed by atoms with E-state index in [0.29, 0.717) is 32.1 Å². The van der Waals surface area contributed by atoms with Crippen LogP contribution in [0.4, 0.5) is 0 Å². The van der Waals surface area contributed by atoms with Crippen molar-refractivity contribution < 1.29 is 80.2 Å². The molecule has 0 heterocycles. The van der Waals surface area contributed by atoms with Gasteiger partial charge in [-0.2, -0.15) is 0 Å².